The van der Waals surface area contributed by atoms with Crippen LogP contribution >= 0.6 is 15.9 Å². The van der Waals surface area contributed by atoms with Crippen molar-refractivity contribution in [1.29, 1.82) is 0 Å². The molecular weight excluding hydrogens is 418 g/mol. The minimum Gasteiger partial charge on any atom is -0.338 e. The van der Waals surface area contributed by atoms with Gasteiger partial charge in [0.15, 0.2) is 0 Å². The summed E-state index contributed by atoms with van der Waals surface area (Å²) in [5.41, 5.74) is 3.66. The van der Waals surface area contributed by atoms with Gasteiger partial charge in [-0.2, -0.15) is 4.98 Å². The lowest BCUT2D eigenvalue weighted by Crippen LogP contribution is -2.30. The average molecular weight is 436 g/mol. The Labute approximate surface area is 170 Å². The van der Waals surface area contributed by atoms with Gasteiger partial charge in [-0.05, 0) is 43.2 Å². The monoisotopic (exact) mass is 435 g/mol. The van der Waals surface area contributed by atoms with Gasteiger partial charge >= 0.3 is 0 Å². The van der Waals surface area contributed by atoms with E-state index in [1.54, 1.807) is 4.52 Å². The molecule has 2 heterocycles. The van der Waals surface area contributed by atoms with E-state index in [0.29, 0.717) is 5.78 Å². The van der Waals surface area contributed by atoms with E-state index in [4.69, 9.17) is 0 Å². The molecule has 0 saturated carbocycles. The number of carbonyl (C=O) groups excluding carboxylic acids is 1. The van der Waals surface area contributed by atoms with Gasteiger partial charge in [-0.25, -0.2) is 9.50 Å². The smallest absolute Gasteiger partial charge is 0.291 e. The van der Waals surface area contributed by atoms with Crippen LogP contribution in [0.4, 0.5) is 0 Å². The first-order valence-electron chi connectivity index (χ1n) is 8.83. The van der Waals surface area contributed by atoms with Gasteiger partial charge in [0.25, 0.3) is 11.7 Å². The number of hydrogen-bond donors (Lipinski definition) is 1. The molecule has 1 atom stereocenters. The molecule has 1 N–H and O–H groups in total. The highest BCUT2D eigenvalue weighted by Gasteiger charge is 2.21. The molecule has 1 unspecified atom stereocenters. The molecule has 4 aromatic rings. The molecule has 0 radical (unpaired) electrons. The third-order valence-corrected chi connectivity index (χ3v) is 4.96. The fourth-order valence-electron chi connectivity index (χ4n) is 3.12. The second-order valence-corrected chi connectivity index (χ2v) is 7.47. The van der Waals surface area contributed by atoms with Crippen molar-refractivity contribution in [3.63, 3.8) is 0 Å². The highest BCUT2D eigenvalue weighted by atomic mass is 79.9. The van der Waals surface area contributed by atoms with Crippen molar-refractivity contribution in [3.05, 3.63) is 93.5 Å². The van der Waals surface area contributed by atoms with Crippen LogP contribution in [0.15, 0.2) is 65.1 Å². The van der Waals surface area contributed by atoms with E-state index in [1.165, 1.54) is 0 Å². The predicted octanol–water partition coefficient (Wildman–Crippen LogP) is 4.02. The number of nitrogens with one attached hydrogen (secondary N) is 1. The van der Waals surface area contributed by atoms with Gasteiger partial charge in [-0.1, -0.05) is 58.4 Å². The molecule has 28 heavy (non-hydrogen) atoms. The van der Waals surface area contributed by atoms with Gasteiger partial charge in [0, 0.05) is 15.9 Å². The molecule has 1 amide bonds. The van der Waals surface area contributed by atoms with Crippen molar-refractivity contribution in [2.45, 2.75) is 19.9 Å². The Kier molecular flexibility index (Phi) is 4.92. The van der Waals surface area contributed by atoms with Crippen molar-refractivity contribution in [2.75, 3.05) is 0 Å². The van der Waals surface area contributed by atoms with Crippen LogP contribution in [0, 0.1) is 13.8 Å². The topological polar surface area (TPSA) is 72.2 Å². The Morgan fingerprint density at radius 2 is 1.68 bits per heavy atom. The molecule has 0 aliphatic rings. The van der Waals surface area contributed by atoms with Crippen LogP contribution in [0.5, 0.6) is 0 Å². The maximum atomic E-state index is 12.9. The van der Waals surface area contributed by atoms with Crippen molar-refractivity contribution in [2.24, 2.45) is 0 Å². The first kappa shape index (κ1) is 18.3. The van der Waals surface area contributed by atoms with E-state index in [9.17, 15) is 4.79 Å². The van der Waals surface area contributed by atoms with Gasteiger partial charge in [0.1, 0.15) is 0 Å². The minimum absolute atomic E-state index is 0.0965. The fraction of sp³-hybridized carbons (Fsp3) is 0.143. The average Bonchev–Trinajstić information content (AvgIpc) is 3.12. The summed E-state index contributed by atoms with van der Waals surface area (Å²) < 4.78 is 2.56. The van der Waals surface area contributed by atoms with Crippen molar-refractivity contribution >= 4 is 27.6 Å². The fourth-order valence-corrected chi connectivity index (χ4v) is 3.38. The lowest BCUT2D eigenvalue weighted by Gasteiger charge is -2.19. The molecule has 0 fully saturated rings. The summed E-state index contributed by atoms with van der Waals surface area (Å²) in [5, 5.41) is 7.39. The van der Waals surface area contributed by atoms with Gasteiger partial charge in [0.2, 0.25) is 5.82 Å². The zero-order chi connectivity index (χ0) is 19.7. The summed E-state index contributed by atoms with van der Waals surface area (Å²) >= 11 is 3.45. The number of benzene rings is 2. The summed E-state index contributed by atoms with van der Waals surface area (Å²) in [7, 11) is 0. The molecule has 0 bridgehead atoms. The van der Waals surface area contributed by atoms with E-state index >= 15 is 0 Å². The summed E-state index contributed by atoms with van der Waals surface area (Å²) in [6, 6.07) is 19.3. The van der Waals surface area contributed by atoms with Crippen LogP contribution in [-0.4, -0.2) is 25.5 Å². The molecule has 2 aromatic heterocycles. The standard InChI is InChI=1S/C21H18BrN5O/c1-13-12-14(2)27-21(23-13)25-19(26-27)20(28)24-18(15-6-4-3-5-7-15)16-8-10-17(22)11-9-16/h3-12,18H,1-2H3,(H,24,28). The van der Waals surface area contributed by atoms with Crippen molar-refractivity contribution < 1.29 is 4.79 Å². The molecule has 4 rings (SSSR count). The number of halogens is 1. The first-order chi connectivity index (χ1) is 13.5. The number of aryl methyl sites for hydroxylation is 2. The number of amides is 1. The minimum atomic E-state index is -0.348. The molecule has 0 aliphatic carbocycles. The van der Waals surface area contributed by atoms with Crippen LogP contribution in [-0.2, 0) is 0 Å². The lowest BCUT2D eigenvalue weighted by molar-refractivity contribution is 0.0932. The molecule has 2 aromatic carbocycles. The zero-order valence-corrected chi connectivity index (χ0v) is 17.0. The predicted molar refractivity (Wildman–Crippen MR) is 110 cm³/mol. The van der Waals surface area contributed by atoms with Crippen LogP contribution in [0.2, 0.25) is 0 Å². The molecule has 0 spiro atoms. The highest BCUT2D eigenvalue weighted by molar-refractivity contribution is 9.10. The second kappa shape index (κ2) is 7.52. The van der Waals surface area contributed by atoms with Crippen LogP contribution in [0.1, 0.15) is 39.2 Å². The van der Waals surface area contributed by atoms with E-state index in [-0.39, 0.29) is 17.8 Å². The summed E-state index contributed by atoms with van der Waals surface area (Å²) in [6.07, 6.45) is 0. The van der Waals surface area contributed by atoms with E-state index in [1.807, 2.05) is 74.5 Å². The molecular formula is C21H18BrN5O. The van der Waals surface area contributed by atoms with Gasteiger partial charge < -0.3 is 5.32 Å². The molecule has 0 saturated heterocycles. The third kappa shape index (κ3) is 3.66. The molecule has 6 nitrogen and oxygen atoms in total. The quantitative estimate of drug-likeness (QED) is 0.525. The Hall–Kier alpha value is -3.06. The Balaban J connectivity index is 1.69. The van der Waals surface area contributed by atoms with Gasteiger partial charge in [0.05, 0.1) is 6.04 Å². The summed E-state index contributed by atoms with van der Waals surface area (Å²) in [6.45, 7) is 3.80. The number of carbonyl (C=O) groups is 1. The van der Waals surface area contributed by atoms with Crippen LogP contribution in [0.25, 0.3) is 5.78 Å². The Morgan fingerprint density at radius 3 is 2.39 bits per heavy atom. The summed E-state index contributed by atoms with van der Waals surface area (Å²) in [4.78, 5) is 21.6. The molecule has 7 heteroatoms. The lowest BCUT2D eigenvalue weighted by atomic mass is 9.99. The number of fused-ring (bicyclic) bond motifs is 1. The van der Waals surface area contributed by atoms with Crippen molar-refractivity contribution in [1.82, 2.24) is 24.9 Å². The van der Waals surface area contributed by atoms with Gasteiger partial charge in [-0.3, -0.25) is 4.79 Å². The van der Waals surface area contributed by atoms with E-state index in [0.717, 1.165) is 27.0 Å². The van der Waals surface area contributed by atoms with Crippen LogP contribution < -0.4 is 5.32 Å². The second-order valence-electron chi connectivity index (χ2n) is 6.55. The number of hydrogen-bond acceptors (Lipinski definition) is 4. The van der Waals surface area contributed by atoms with Crippen LogP contribution in [0.3, 0.4) is 0 Å². The van der Waals surface area contributed by atoms with Gasteiger partial charge in [-0.15, -0.1) is 5.10 Å². The van der Waals surface area contributed by atoms with E-state index < -0.39 is 0 Å². The van der Waals surface area contributed by atoms with E-state index in [2.05, 4.69) is 36.3 Å². The highest BCUT2D eigenvalue weighted by Crippen LogP contribution is 2.24. The largest absolute Gasteiger partial charge is 0.338 e. The Morgan fingerprint density at radius 1 is 1.00 bits per heavy atom. The molecule has 140 valence electrons. The maximum Gasteiger partial charge on any atom is 0.291 e. The summed E-state index contributed by atoms with van der Waals surface area (Å²) in [5.74, 6) is 0.168. The first-order valence-corrected chi connectivity index (χ1v) is 9.63. The number of nitrogens with zero attached hydrogens (tertiary/aromatic N) is 4. The zero-order valence-electron chi connectivity index (χ0n) is 15.4. The number of aromatic nitrogens is 4. The SMILES string of the molecule is Cc1cc(C)n2nc(C(=O)NC(c3ccccc3)c3ccc(Br)cc3)nc2n1. The third-order valence-electron chi connectivity index (χ3n) is 4.43. The van der Waals surface area contributed by atoms with Crippen molar-refractivity contribution in [3.8, 4) is 0 Å². The Bertz CT molecular complexity index is 1140. The normalized spacial score (nSPS) is 12.1. The number of rotatable bonds is 4. The molecule has 0 aliphatic heterocycles. The maximum absolute atomic E-state index is 12.9.